The van der Waals surface area contributed by atoms with E-state index in [1.807, 2.05) is 13.0 Å². The van der Waals surface area contributed by atoms with Gasteiger partial charge in [-0.2, -0.15) is 0 Å². The van der Waals surface area contributed by atoms with E-state index in [1.54, 1.807) is 23.9 Å². The van der Waals surface area contributed by atoms with Crippen LogP contribution in [0.4, 0.5) is 4.39 Å². The van der Waals surface area contributed by atoms with Crippen LogP contribution in [-0.4, -0.2) is 34.0 Å². The molecule has 1 atom stereocenters. The maximum atomic E-state index is 13.7. The van der Waals surface area contributed by atoms with Gasteiger partial charge in [0, 0.05) is 0 Å². The summed E-state index contributed by atoms with van der Waals surface area (Å²) in [5.74, 6) is -0.575. The highest BCUT2D eigenvalue weighted by molar-refractivity contribution is 5.92. The number of hydrogen-bond acceptors (Lipinski definition) is 4. The summed E-state index contributed by atoms with van der Waals surface area (Å²) in [4.78, 5) is 12.3. The number of aryl methyl sites for hydroxylation is 1. The number of nitrogens with one attached hydrogen (secondary N) is 2. The number of nitrogens with zero attached hydrogens (tertiary/aromatic N) is 3. The number of benzene rings is 1. The summed E-state index contributed by atoms with van der Waals surface area (Å²) in [6.07, 6.45) is 3.64. The van der Waals surface area contributed by atoms with Gasteiger partial charge in [-0.25, -0.2) is 9.07 Å². The molecule has 2 heterocycles. The van der Waals surface area contributed by atoms with Gasteiger partial charge in [-0.1, -0.05) is 17.3 Å². The van der Waals surface area contributed by atoms with Crippen molar-refractivity contribution in [3.63, 3.8) is 0 Å². The van der Waals surface area contributed by atoms with Crippen LogP contribution in [0.25, 0.3) is 0 Å². The average molecular weight is 368 g/mol. The maximum absolute atomic E-state index is 13.7. The van der Waals surface area contributed by atoms with Crippen LogP contribution in [0.3, 0.4) is 0 Å². The average Bonchev–Trinajstić information content (AvgIpc) is 3.08. The van der Waals surface area contributed by atoms with E-state index in [0.717, 1.165) is 31.5 Å². The number of carbonyl (C=O) groups excluding carboxylic acids is 1. The van der Waals surface area contributed by atoms with Crippen molar-refractivity contribution in [1.82, 2.24) is 25.6 Å². The van der Waals surface area contributed by atoms with Gasteiger partial charge in [0.2, 0.25) is 0 Å². The Bertz CT molecular complexity index is 730. The van der Waals surface area contributed by atoms with E-state index in [4.69, 9.17) is 0 Å². The molecule has 1 amide bonds. The molecular formula is C17H23ClFN5O. The molecule has 0 aliphatic carbocycles. The van der Waals surface area contributed by atoms with E-state index in [0.29, 0.717) is 5.56 Å². The van der Waals surface area contributed by atoms with E-state index < -0.39 is 0 Å². The Hall–Kier alpha value is -1.99. The van der Waals surface area contributed by atoms with Crippen molar-refractivity contribution in [3.05, 3.63) is 47.0 Å². The molecule has 136 valence electrons. The lowest BCUT2D eigenvalue weighted by atomic mass is 10.1. The van der Waals surface area contributed by atoms with Crippen molar-refractivity contribution in [2.75, 3.05) is 13.1 Å². The lowest BCUT2D eigenvalue weighted by molar-refractivity contribution is 0.0934. The monoisotopic (exact) mass is 367 g/mol. The fourth-order valence-corrected chi connectivity index (χ4v) is 2.86. The van der Waals surface area contributed by atoms with Gasteiger partial charge in [-0.15, -0.1) is 17.5 Å². The van der Waals surface area contributed by atoms with Gasteiger partial charge in [0.25, 0.3) is 5.91 Å². The standard InChI is InChI=1S/C17H22FN5O.ClH/c1-11-3-4-13(9-15(11)18)12(2)20-17(24)16-10-23(22-21-16)14-5-7-19-8-6-14;/h3-4,9-10,12,14,19H,5-8H2,1-2H3,(H,20,24);1H. The molecule has 1 aliphatic rings. The Kier molecular flexibility index (Phi) is 6.50. The SMILES string of the molecule is Cc1ccc(C(C)NC(=O)c2cn(C3CCNCC3)nn2)cc1F.Cl. The first-order valence-electron chi connectivity index (χ1n) is 8.24. The highest BCUT2D eigenvalue weighted by Gasteiger charge is 2.20. The summed E-state index contributed by atoms with van der Waals surface area (Å²) < 4.78 is 15.4. The molecule has 1 saturated heterocycles. The summed E-state index contributed by atoms with van der Waals surface area (Å²) in [7, 11) is 0. The minimum atomic E-state index is -0.309. The Morgan fingerprint density at radius 1 is 1.40 bits per heavy atom. The third-order valence-corrected chi connectivity index (χ3v) is 4.47. The van der Waals surface area contributed by atoms with Gasteiger partial charge in [-0.3, -0.25) is 4.79 Å². The molecular weight excluding hydrogens is 345 g/mol. The number of carbonyl (C=O) groups is 1. The molecule has 1 aromatic heterocycles. The van der Waals surface area contributed by atoms with Crippen LogP contribution in [0, 0.1) is 12.7 Å². The van der Waals surface area contributed by atoms with Crippen LogP contribution in [-0.2, 0) is 0 Å². The minimum Gasteiger partial charge on any atom is -0.344 e. The van der Waals surface area contributed by atoms with Crippen molar-refractivity contribution >= 4 is 18.3 Å². The summed E-state index contributed by atoms with van der Waals surface area (Å²) in [5, 5.41) is 14.2. The number of aromatic nitrogens is 3. The topological polar surface area (TPSA) is 71.8 Å². The second kappa shape index (κ2) is 8.40. The fraction of sp³-hybridized carbons (Fsp3) is 0.471. The molecule has 0 radical (unpaired) electrons. The normalized spacial score (nSPS) is 16.1. The van der Waals surface area contributed by atoms with Gasteiger partial charge >= 0.3 is 0 Å². The first-order valence-corrected chi connectivity index (χ1v) is 8.24. The second-order valence-electron chi connectivity index (χ2n) is 6.27. The van der Waals surface area contributed by atoms with Gasteiger partial charge in [0.1, 0.15) is 5.82 Å². The van der Waals surface area contributed by atoms with Crippen LogP contribution >= 0.6 is 12.4 Å². The molecule has 0 spiro atoms. The number of hydrogen-bond donors (Lipinski definition) is 2. The number of amides is 1. The largest absolute Gasteiger partial charge is 0.344 e. The predicted molar refractivity (Wildman–Crippen MR) is 95.4 cm³/mol. The quantitative estimate of drug-likeness (QED) is 0.871. The minimum absolute atomic E-state index is 0. The molecule has 2 N–H and O–H groups in total. The van der Waals surface area contributed by atoms with Gasteiger partial charge in [0.15, 0.2) is 5.69 Å². The maximum Gasteiger partial charge on any atom is 0.273 e. The zero-order chi connectivity index (χ0) is 17.1. The van der Waals surface area contributed by atoms with Crippen molar-refractivity contribution in [1.29, 1.82) is 0 Å². The van der Waals surface area contributed by atoms with E-state index >= 15 is 0 Å². The summed E-state index contributed by atoms with van der Waals surface area (Å²) >= 11 is 0. The zero-order valence-corrected chi connectivity index (χ0v) is 15.1. The predicted octanol–water partition coefficient (Wildman–Crippen LogP) is 2.56. The molecule has 0 bridgehead atoms. The highest BCUT2D eigenvalue weighted by Crippen LogP contribution is 2.18. The molecule has 2 aromatic rings. The molecule has 1 aliphatic heterocycles. The molecule has 6 nitrogen and oxygen atoms in total. The van der Waals surface area contributed by atoms with Crippen molar-refractivity contribution in [2.45, 2.75) is 38.8 Å². The van der Waals surface area contributed by atoms with Crippen molar-refractivity contribution in [3.8, 4) is 0 Å². The van der Waals surface area contributed by atoms with Crippen LogP contribution < -0.4 is 10.6 Å². The first kappa shape index (κ1) is 19.3. The van der Waals surface area contributed by atoms with Crippen molar-refractivity contribution in [2.24, 2.45) is 0 Å². The Morgan fingerprint density at radius 3 is 2.80 bits per heavy atom. The van der Waals surface area contributed by atoms with E-state index in [2.05, 4.69) is 20.9 Å². The summed E-state index contributed by atoms with van der Waals surface area (Å²) in [6.45, 7) is 5.42. The fourth-order valence-electron chi connectivity index (χ4n) is 2.86. The molecule has 8 heteroatoms. The molecule has 1 aromatic carbocycles. The van der Waals surface area contributed by atoms with E-state index in [-0.39, 0.29) is 41.9 Å². The van der Waals surface area contributed by atoms with Gasteiger partial charge < -0.3 is 10.6 Å². The zero-order valence-electron chi connectivity index (χ0n) is 14.3. The van der Waals surface area contributed by atoms with Gasteiger partial charge in [0.05, 0.1) is 18.3 Å². The molecule has 3 rings (SSSR count). The van der Waals surface area contributed by atoms with Crippen molar-refractivity contribution < 1.29 is 9.18 Å². The Morgan fingerprint density at radius 2 is 2.12 bits per heavy atom. The molecule has 25 heavy (non-hydrogen) atoms. The molecule has 1 fully saturated rings. The third-order valence-electron chi connectivity index (χ3n) is 4.47. The lowest BCUT2D eigenvalue weighted by Crippen LogP contribution is -2.29. The van der Waals surface area contributed by atoms with E-state index in [9.17, 15) is 9.18 Å². The Labute approximate surface area is 152 Å². The van der Waals surface area contributed by atoms with Crippen LogP contribution in [0.15, 0.2) is 24.4 Å². The smallest absolute Gasteiger partial charge is 0.273 e. The summed E-state index contributed by atoms with van der Waals surface area (Å²) in [5.41, 5.74) is 1.59. The van der Waals surface area contributed by atoms with Crippen LogP contribution in [0.1, 0.15) is 53.5 Å². The second-order valence-corrected chi connectivity index (χ2v) is 6.27. The first-order chi connectivity index (χ1) is 11.5. The van der Waals surface area contributed by atoms with Crippen LogP contribution in [0.5, 0.6) is 0 Å². The Balaban J connectivity index is 0.00000225. The lowest BCUT2D eigenvalue weighted by Gasteiger charge is -2.22. The number of rotatable bonds is 4. The van der Waals surface area contributed by atoms with E-state index in [1.165, 1.54) is 6.07 Å². The van der Waals surface area contributed by atoms with Gasteiger partial charge in [-0.05, 0) is 57.0 Å². The highest BCUT2D eigenvalue weighted by atomic mass is 35.5. The van der Waals surface area contributed by atoms with Crippen LogP contribution in [0.2, 0.25) is 0 Å². The third kappa shape index (κ3) is 4.55. The molecule has 0 saturated carbocycles. The number of halogens is 2. The number of piperidine rings is 1. The summed E-state index contributed by atoms with van der Waals surface area (Å²) in [6, 6.07) is 4.95. The molecule has 1 unspecified atom stereocenters.